The van der Waals surface area contributed by atoms with Gasteiger partial charge in [0.2, 0.25) is 5.91 Å². The summed E-state index contributed by atoms with van der Waals surface area (Å²) in [4.78, 5) is 18.5. The lowest BCUT2D eigenvalue weighted by Gasteiger charge is -2.36. The van der Waals surface area contributed by atoms with Gasteiger partial charge in [0.1, 0.15) is 11.5 Å². The van der Waals surface area contributed by atoms with Gasteiger partial charge in [-0.2, -0.15) is 0 Å². The highest BCUT2D eigenvalue weighted by molar-refractivity contribution is 5.78. The second kappa shape index (κ2) is 7.40. The zero-order valence-corrected chi connectivity index (χ0v) is 13.9. The highest BCUT2D eigenvalue weighted by Gasteiger charge is 2.21. The summed E-state index contributed by atoms with van der Waals surface area (Å²) in [5.74, 6) is 1.18. The van der Waals surface area contributed by atoms with Crippen LogP contribution in [-0.2, 0) is 11.3 Å². The van der Waals surface area contributed by atoms with Crippen molar-refractivity contribution in [1.82, 2.24) is 9.80 Å². The summed E-state index contributed by atoms with van der Waals surface area (Å²) >= 11 is 0. The molecule has 1 N–H and O–H groups in total. The molecule has 24 heavy (non-hydrogen) atoms. The van der Waals surface area contributed by atoms with E-state index in [1.165, 1.54) is 0 Å². The Labute approximate surface area is 141 Å². The summed E-state index contributed by atoms with van der Waals surface area (Å²) in [5, 5.41) is 9.36. The Kier molecular flexibility index (Phi) is 5.05. The molecule has 0 atom stereocenters. The molecule has 1 saturated heterocycles. The number of carbonyl (C=O) groups excluding carboxylic acids is 1. The largest absolute Gasteiger partial charge is 0.508 e. The predicted molar refractivity (Wildman–Crippen MR) is 91.9 cm³/mol. The fraction of sp³-hybridized carbons (Fsp3) is 0.389. The van der Waals surface area contributed by atoms with Gasteiger partial charge >= 0.3 is 0 Å². The first-order chi connectivity index (χ1) is 11.6. The zero-order valence-electron chi connectivity index (χ0n) is 13.9. The molecular formula is C18H23N3O3. The minimum Gasteiger partial charge on any atom is -0.508 e. The minimum atomic E-state index is 0.101. The lowest BCUT2D eigenvalue weighted by Crippen LogP contribution is -2.49. The van der Waals surface area contributed by atoms with E-state index in [4.69, 9.17) is 4.42 Å². The number of aromatic hydroxyl groups is 1. The third-order valence-electron chi connectivity index (χ3n) is 4.34. The number of carbonyl (C=O) groups is 1. The minimum absolute atomic E-state index is 0.101. The monoisotopic (exact) mass is 329 g/mol. The van der Waals surface area contributed by atoms with E-state index in [1.54, 1.807) is 30.3 Å². The number of nitrogens with zero attached hydrogens (tertiary/aromatic N) is 3. The number of piperazine rings is 1. The Morgan fingerprint density at radius 2 is 1.88 bits per heavy atom. The second-order valence-corrected chi connectivity index (χ2v) is 6.11. The number of benzene rings is 1. The molecule has 1 aliphatic rings. The van der Waals surface area contributed by atoms with E-state index in [9.17, 15) is 9.90 Å². The molecule has 1 aromatic carbocycles. The van der Waals surface area contributed by atoms with Crippen LogP contribution in [0.15, 0.2) is 47.1 Å². The zero-order chi connectivity index (χ0) is 16.9. The SMILES string of the molecule is CN(Cc1ccco1)C(=O)CN1CCN(c2ccc(O)cc2)CC1. The molecule has 0 bridgehead atoms. The molecule has 0 spiro atoms. The van der Waals surface area contributed by atoms with E-state index >= 15 is 0 Å². The molecule has 0 saturated carbocycles. The summed E-state index contributed by atoms with van der Waals surface area (Å²) in [6, 6.07) is 11.0. The number of likely N-dealkylation sites (N-methyl/N-ethyl adjacent to an activating group) is 1. The third-order valence-corrected chi connectivity index (χ3v) is 4.34. The number of amides is 1. The Balaban J connectivity index is 1.46. The fourth-order valence-corrected chi connectivity index (χ4v) is 2.86. The maximum absolute atomic E-state index is 12.3. The van der Waals surface area contributed by atoms with E-state index in [0.717, 1.165) is 37.6 Å². The molecule has 6 heteroatoms. The van der Waals surface area contributed by atoms with Crippen LogP contribution in [0.5, 0.6) is 5.75 Å². The van der Waals surface area contributed by atoms with Crippen LogP contribution >= 0.6 is 0 Å². The summed E-state index contributed by atoms with van der Waals surface area (Å²) in [6.07, 6.45) is 1.62. The van der Waals surface area contributed by atoms with Gasteiger partial charge in [0.05, 0.1) is 19.4 Å². The van der Waals surface area contributed by atoms with E-state index in [-0.39, 0.29) is 11.7 Å². The molecule has 1 amide bonds. The molecule has 2 aromatic rings. The highest BCUT2D eigenvalue weighted by atomic mass is 16.3. The van der Waals surface area contributed by atoms with E-state index in [0.29, 0.717) is 13.1 Å². The average molecular weight is 329 g/mol. The van der Waals surface area contributed by atoms with Gasteiger partial charge in [-0.3, -0.25) is 9.69 Å². The molecule has 2 heterocycles. The Morgan fingerprint density at radius 1 is 1.17 bits per heavy atom. The maximum atomic E-state index is 12.3. The van der Waals surface area contributed by atoms with Crippen molar-refractivity contribution < 1.29 is 14.3 Å². The molecular weight excluding hydrogens is 306 g/mol. The van der Waals surface area contributed by atoms with Crippen molar-refractivity contribution in [3.63, 3.8) is 0 Å². The van der Waals surface area contributed by atoms with Crippen molar-refractivity contribution in [1.29, 1.82) is 0 Å². The molecule has 0 unspecified atom stereocenters. The number of hydrogen-bond donors (Lipinski definition) is 1. The lowest BCUT2D eigenvalue weighted by atomic mass is 10.2. The first kappa shape index (κ1) is 16.4. The number of anilines is 1. The van der Waals surface area contributed by atoms with Crippen LogP contribution in [0.1, 0.15) is 5.76 Å². The summed E-state index contributed by atoms with van der Waals surface area (Å²) in [5.41, 5.74) is 1.11. The Bertz CT molecular complexity index is 647. The number of phenolic OH excluding ortho intramolecular Hbond substituents is 1. The average Bonchev–Trinajstić information content (AvgIpc) is 3.09. The molecule has 1 fully saturated rings. The summed E-state index contributed by atoms with van der Waals surface area (Å²) < 4.78 is 5.28. The maximum Gasteiger partial charge on any atom is 0.236 e. The van der Waals surface area contributed by atoms with Crippen LogP contribution < -0.4 is 4.90 Å². The van der Waals surface area contributed by atoms with E-state index < -0.39 is 0 Å². The third kappa shape index (κ3) is 4.08. The molecule has 1 aliphatic heterocycles. The molecule has 6 nitrogen and oxygen atoms in total. The van der Waals surface area contributed by atoms with Gasteiger partial charge in [-0.15, -0.1) is 0 Å². The summed E-state index contributed by atoms with van der Waals surface area (Å²) in [6.45, 7) is 4.38. The first-order valence-corrected chi connectivity index (χ1v) is 8.14. The van der Waals surface area contributed by atoms with Gasteiger partial charge in [0.15, 0.2) is 0 Å². The number of phenols is 1. The molecule has 3 rings (SSSR count). The van der Waals surface area contributed by atoms with Gasteiger partial charge in [-0.05, 0) is 36.4 Å². The van der Waals surface area contributed by atoms with Crippen molar-refractivity contribution in [3.05, 3.63) is 48.4 Å². The van der Waals surface area contributed by atoms with Crippen molar-refractivity contribution in [2.45, 2.75) is 6.54 Å². The normalized spacial score (nSPS) is 15.5. The van der Waals surface area contributed by atoms with Crippen molar-refractivity contribution in [2.75, 3.05) is 44.7 Å². The van der Waals surface area contributed by atoms with Crippen molar-refractivity contribution in [3.8, 4) is 5.75 Å². The Hall–Kier alpha value is -2.47. The standard InChI is InChI=1S/C18H23N3O3/c1-19(13-17-3-2-12-24-17)18(23)14-20-8-10-21(11-9-20)15-4-6-16(22)7-5-15/h2-7,12,22H,8-11,13-14H2,1H3. The predicted octanol–water partition coefficient (Wildman–Crippen LogP) is 1.77. The van der Waals surface area contributed by atoms with Crippen LogP contribution in [-0.4, -0.2) is 60.6 Å². The smallest absolute Gasteiger partial charge is 0.236 e. The van der Waals surface area contributed by atoms with Crippen LogP contribution in [0.2, 0.25) is 0 Å². The van der Waals surface area contributed by atoms with E-state index in [2.05, 4.69) is 9.80 Å². The van der Waals surface area contributed by atoms with Gasteiger partial charge in [-0.25, -0.2) is 0 Å². The van der Waals surface area contributed by atoms with E-state index in [1.807, 2.05) is 24.3 Å². The quantitative estimate of drug-likeness (QED) is 0.906. The van der Waals surface area contributed by atoms with Gasteiger partial charge in [0.25, 0.3) is 0 Å². The fourth-order valence-electron chi connectivity index (χ4n) is 2.86. The highest BCUT2D eigenvalue weighted by Crippen LogP contribution is 2.19. The molecule has 1 aromatic heterocycles. The lowest BCUT2D eigenvalue weighted by molar-refractivity contribution is -0.131. The van der Waals surface area contributed by atoms with Crippen molar-refractivity contribution >= 4 is 11.6 Å². The van der Waals surface area contributed by atoms with Crippen LogP contribution in [0.3, 0.4) is 0 Å². The number of hydrogen-bond acceptors (Lipinski definition) is 5. The van der Waals surface area contributed by atoms with Crippen LogP contribution in [0, 0.1) is 0 Å². The first-order valence-electron chi connectivity index (χ1n) is 8.14. The molecule has 0 radical (unpaired) electrons. The summed E-state index contributed by atoms with van der Waals surface area (Å²) in [7, 11) is 1.80. The second-order valence-electron chi connectivity index (χ2n) is 6.11. The molecule has 128 valence electrons. The van der Waals surface area contributed by atoms with Gasteiger partial charge in [0, 0.05) is 38.9 Å². The number of rotatable bonds is 5. The van der Waals surface area contributed by atoms with Gasteiger partial charge < -0.3 is 19.3 Å². The van der Waals surface area contributed by atoms with Crippen LogP contribution in [0.4, 0.5) is 5.69 Å². The topological polar surface area (TPSA) is 60.2 Å². The molecule has 0 aliphatic carbocycles. The van der Waals surface area contributed by atoms with Crippen molar-refractivity contribution in [2.24, 2.45) is 0 Å². The van der Waals surface area contributed by atoms with Gasteiger partial charge in [-0.1, -0.05) is 0 Å². The Morgan fingerprint density at radius 3 is 2.50 bits per heavy atom. The van der Waals surface area contributed by atoms with Crippen LogP contribution in [0.25, 0.3) is 0 Å². The number of furan rings is 1.